The molecule has 0 saturated heterocycles. The first kappa shape index (κ1) is 20.7. The number of benzene rings is 1. The fraction of sp³-hybridized carbons (Fsp3) is 0.222. The largest absolute Gasteiger partial charge is 0.379 e. The van der Waals surface area contributed by atoms with Crippen molar-refractivity contribution < 1.29 is 9.59 Å². The Morgan fingerprint density at radius 2 is 2.04 bits per heavy atom. The number of carbonyl (C=O) groups is 2. The molecule has 0 spiro atoms. The van der Waals surface area contributed by atoms with Gasteiger partial charge in [-0.25, -0.2) is 0 Å². The zero-order valence-corrected chi connectivity index (χ0v) is 16.3. The number of nitrogens with two attached hydrogens (primary N) is 2. The van der Waals surface area contributed by atoms with Gasteiger partial charge in [-0.2, -0.15) is 0 Å². The van der Waals surface area contributed by atoms with Crippen LogP contribution in [-0.4, -0.2) is 27.7 Å². The molecular weight excluding hydrogens is 386 g/mol. The standard InChI is InChI=1S/C18H19N5O2S.ClH/c1-18(7-8-26-17(20)23-18)12-3-2-4-13(9-12)22-16(25)14-6-5-11(10-21-14)15(19)24;/h2-6,9-10H,7-8H2,1H3,(H2,19,24)(H2,20,23)(H,22,25);1H. The summed E-state index contributed by atoms with van der Waals surface area (Å²) in [4.78, 5) is 32.0. The van der Waals surface area contributed by atoms with Crippen LogP contribution in [0.4, 0.5) is 5.69 Å². The Bertz CT molecular complexity index is 888. The van der Waals surface area contributed by atoms with E-state index in [0.29, 0.717) is 10.9 Å². The van der Waals surface area contributed by atoms with Gasteiger partial charge in [0.15, 0.2) is 5.17 Å². The highest BCUT2D eigenvalue weighted by Crippen LogP contribution is 2.35. The van der Waals surface area contributed by atoms with Crippen LogP contribution in [0.25, 0.3) is 0 Å². The zero-order valence-electron chi connectivity index (χ0n) is 14.6. The van der Waals surface area contributed by atoms with E-state index in [4.69, 9.17) is 11.5 Å². The zero-order chi connectivity index (χ0) is 18.7. The van der Waals surface area contributed by atoms with E-state index < -0.39 is 11.4 Å². The number of hydrogen-bond acceptors (Lipinski definition) is 6. The Morgan fingerprint density at radius 3 is 2.67 bits per heavy atom. The lowest BCUT2D eigenvalue weighted by Gasteiger charge is -2.30. The summed E-state index contributed by atoms with van der Waals surface area (Å²) in [5, 5.41) is 3.39. The third kappa shape index (κ3) is 4.78. The number of rotatable bonds is 4. The van der Waals surface area contributed by atoms with Crippen LogP contribution in [0.1, 0.15) is 39.8 Å². The molecule has 27 heavy (non-hydrogen) atoms. The van der Waals surface area contributed by atoms with Gasteiger partial charge >= 0.3 is 0 Å². The number of nitrogens with one attached hydrogen (secondary N) is 1. The van der Waals surface area contributed by atoms with E-state index >= 15 is 0 Å². The maximum absolute atomic E-state index is 12.4. The highest BCUT2D eigenvalue weighted by Gasteiger charge is 2.29. The van der Waals surface area contributed by atoms with Crippen LogP contribution >= 0.6 is 24.2 Å². The van der Waals surface area contributed by atoms with Gasteiger partial charge in [-0.15, -0.1) is 12.4 Å². The SMILES string of the molecule is CC1(c2cccc(NC(=O)c3ccc(C(N)=O)cn3)c2)CCSC(N)=N1.Cl. The van der Waals surface area contributed by atoms with Gasteiger partial charge in [0.1, 0.15) is 5.69 Å². The summed E-state index contributed by atoms with van der Waals surface area (Å²) in [6.45, 7) is 2.03. The summed E-state index contributed by atoms with van der Waals surface area (Å²) in [5.41, 5.74) is 12.7. The Morgan fingerprint density at radius 1 is 1.26 bits per heavy atom. The Labute approximate surface area is 167 Å². The lowest BCUT2D eigenvalue weighted by Crippen LogP contribution is -2.28. The Hall–Kier alpha value is -2.58. The van der Waals surface area contributed by atoms with Crippen molar-refractivity contribution in [2.75, 3.05) is 11.1 Å². The smallest absolute Gasteiger partial charge is 0.274 e. The van der Waals surface area contributed by atoms with Crippen molar-refractivity contribution in [1.29, 1.82) is 0 Å². The maximum Gasteiger partial charge on any atom is 0.274 e. The van der Waals surface area contributed by atoms with Crippen molar-refractivity contribution in [2.24, 2.45) is 16.5 Å². The molecule has 2 heterocycles. The number of hydrogen-bond donors (Lipinski definition) is 3. The quantitative estimate of drug-likeness (QED) is 0.721. The fourth-order valence-corrected chi connectivity index (χ4v) is 3.67. The summed E-state index contributed by atoms with van der Waals surface area (Å²) in [6.07, 6.45) is 2.15. The number of halogens is 1. The normalized spacial score (nSPS) is 18.8. The van der Waals surface area contributed by atoms with Gasteiger partial charge in [-0.05, 0) is 43.2 Å². The number of pyridine rings is 1. The number of primary amides is 1. The fourth-order valence-electron chi connectivity index (χ4n) is 2.70. The lowest BCUT2D eigenvalue weighted by molar-refractivity contribution is 0.0993. The summed E-state index contributed by atoms with van der Waals surface area (Å²) < 4.78 is 0. The predicted octanol–water partition coefficient (Wildman–Crippen LogP) is 2.52. The van der Waals surface area contributed by atoms with Crippen molar-refractivity contribution in [3.8, 4) is 0 Å². The number of amidine groups is 1. The topological polar surface area (TPSA) is 123 Å². The minimum Gasteiger partial charge on any atom is -0.379 e. The third-order valence-corrected chi connectivity index (χ3v) is 5.01. The van der Waals surface area contributed by atoms with Crippen molar-refractivity contribution in [3.05, 3.63) is 59.4 Å². The molecule has 0 fully saturated rings. The summed E-state index contributed by atoms with van der Waals surface area (Å²) >= 11 is 1.55. The molecule has 1 atom stereocenters. The molecule has 1 aromatic carbocycles. The number of amides is 2. The first-order chi connectivity index (χ1) is 12.4. The molecular formula is C18H20ClN5O2S. The van der Waals surface area contributed by atoms with Crippen LogP contribution in [0.2, 0.25) is 0 Å². The number of anilines is 1. The number of aliphatic imine (C=N–C) groups is 1. The van der Waals surface area contributed by atoms with Gasteiger partial charge in [0, 0.05) is 17.6 Å². The molecule has 5 N–H and O–H groups in total. The second-order valence-corrected chi connectivity index (χ2v) is 7.27. The number of thioether (sulfide) groups is 1. The molecule has 7 nitrogen and oxygen atoms in total. The summed E-state index contributed by atoms with van der Waals surface area (Å²) in [7, 11) is 0. The van der Waals surface area contributed by atoms with Gasteiger partial charge in [-0.1, -0.05) is 23.9 Å². The predicted molar refractivity (Wildman–Crippen MR) is 110 cm³/mol. The number of aromatic nitrogens is 1. The second kappa shape index (κ2) is 8.41. The van der Waals surface area contributed by atoms with Crippen molar-refractivity contribution in [2.45, 2.75) is 18.9 Å². The molecule has 0 aliphatic carbocycles. The van der Waals surface area contributed by atoms with Crippen LogP contribution in [0, 0.1) is 0 Å². The minimum absolute atomic E-state index is 0. The third-order valence-electron chi connectivity index (χ3n) is 4.22. The Balaban J connectivity index is 0.00000261. The van der Waals surface area contributed by atoms with Crippen LogP contribution in [0.5, 0.6) is 0 Å². The average molecular weight is 406 g/mol. The van der Waals surface area contributed by atoms with Gasteiger partial charge < -0.3 is 16.8 Å². The molecule has 2 aromatic rings. The first-order valence-corrected chi connectivity index (χ1v) is 9.02. The van der Waals surface area contributed by atoms with Gasteiger partial charge in [-0.3, -0.25) is 19.6 Å². The number of carbonyl (C=O) groups excluding carboxylic acids is 2. The summed E-state index contributed by atoms with van der Waals surface area (Å²) in [5.74, 6) is -0.0557. The molecule has 142 valence electrons. The van der Waals surface area contributed by atoms with Gasteiger partial charge in [0.2, 0.25) is 5.91 Å². The van der Waals surface area contributed by atoms with Crippen LogP contribution < -0.4 is 16.8 Å². The summed E-state index contributed by atoms with van der Waals surface area (Å²) in [6, 6.07) is 10.5. The molecule has 1 aliphatic heterocycles. The maximum atomic E-state index is 12.4. The molecule has 0 bridgehead atoms. The van der Waals surface area contributed by atoms with E-state index in [1.807, 2.05) is 25.1 Å². The highest BCUT2D eigenvalue weighted by molar-refractivity contribution is 8.13. The van der Waals surface area contributed by atoms with Crippen LogP contribution in [0.3, 0.4) is 0 Å². The number of nitrogens with zero attached hydrogens (tertiary/aromatic N) is 2. The highest BCUT2D eigenvalue weighted by atomic mass is 35.5. The Kier molecular flexibility index (Phi) is 6.45. The van der Waals surface area contributed by atoms with E-state index in [0.717, 1.165) is 17.7 Å². The van der Waals surface area contributed by atoms with E-state index in [2.05, 4.69) is 15.3 Å². The molecule has 0 saturated carbocycles. The molecule has 2 amide bonds. The second-order valence-electron chi connectivity index (χ2n) is 6.15. The molecule has 3 rings (SSSR count). The van der Waals surface area contributed by atoms with Crippen molar-refractivity contribution >= 4 is 46.8 Å². The van der Waals surface area contributed by atoms with Crippen LogP contribution in [-0.2, 0) is 5.54 Å². The van der Waals surface area contributed by atoms with Crippen molar-refractivity contribution in [1.82, 2.24) is 4.98 Å². The monoisotopic (exact) mass is 405 g/mol. The van der Waals surface area contributed by atoms with E-state index in [1.165, 1.54) is 18.3 Å². The lowest BCUT2D eigenvalue weighted by atomic mass is 9.89. The molecule has 1 unspecified atom stereocenters. The molecule has 1 aliphatic rings. The van der Waals surface area contributed by atoms with Gasteiger partial charge in [0.25, 0.3) is 5.91 Å². The van der Waals surface area contributed by atoms with E-state index in [1.54, 1.807) is 17.8 Å². The minimum atomic E-state index is -0.587. The molecule has 0 radical (unpaired) electrons. The molecule has 1 aromatic heterocycles. The van der Waals surface area contributed by atoms with Gasteiger partial charge in [0.05, 0.1) is 11.1 Å². The molecule has 9 heteroatoms. The van der Waals surface area contributed by atoms with E-state index in [9.17, 15) is 9.59 Å². The van der Waals surface area contributed by atoms with E-state index in [-0.39, 0.29) is 29.6 Å². The van der Waals surface area contributed by atoms with Crippen LogP contribution in [0.15, 0.2) is 47.6 Å². The average Bonchev–Trinajstić information content (AvgIpc) is 2.62. The first-order valence-electron chi connectivity index (χ1n) is 8.03. The van der Waals surface area contributed by atoms with Crippen molar-refractivity contribution in [3.63, 3.8) is 0 Å².